The van der Waals surface area contributed by atoms with Gasteiger partial charge in [0.2, 0.25) is 0 Å². The SMILES string of the molecule is CCC.CNC.O=C(O)Oc1ccc([N+](=O)[O-])cc1. The molecular formula is C12H20N2O5. The number of rotatable bonds is 2. The van der Waals surface area contributed by atoms with Gasteiger partial charge in [0.05, 0.1) is 4.92 Å². The van der Waals surface area contributed by atoms with Crippen LogP contribution in [0.5, 0.6) is 5.75 Å². The third-order valence-corrected chi connectivity index (χ3v) is 1.25. The number of nitro groups is 1. The van der Waals surface area contributed by atoms with Gasteiger partial charge in [-0.25, -0.2) is 4.79 Å². The molecule has 1 aromatic rings. The highest BCUT2D eigenvalue weighted by Gasteiger charge is 2.05. The third-order valence-electron chi connectivity index (χ3n) is 1.25. The van der Waals surface area contributed by atoms with Gasteiger partial charge in [-0.3, -0.25) is 10.1 Å². The predicted octanol–water partition coefficient (Wildman–Crippen LogP) is 2.90. The molecule has 0 radical (unpaired) electrons. The molecule has 0 spiro atoms. The Kier molecular flexibility index (Phi) is 12.4. The van der Waals surface area contributed by atoms with Gasteiger partial charge in [-0.2, -0.15) is 0 Å². The molecule has 2 N–H and O–H groups in total. The second kappa shape index (κ2) is 12.3. The smallest absolute Gasteiger partial charge is 0.449 e. The quantitative estimate of drug-likeness (QED) is 0.371. The van der Waals surface area contributed by atoms with Crippen LogP contribution >= 0.6 is 0 Å². The molecule has 0 amide bonds. The second-order valence-electron chi connectivity index (χ2n) is 3.33. The molecule has 7 heteroatoms. The van der Waals surface area contributed by atoms with Crippen molar-refractivity contribution in [1.29, 1.82) is 0 Å². The zero-order chi connectivity index (χ0) is 15.3. The topological polar surface area (TPSA) is 102 Å². The van der Waals surface area contributed by atoms with Gasteiger partial charge in [-0.1, -0.05) is 20.3 Å². The average Bonchev–Trinajstić information content (AvgIpc) is 2.31. The molecule has 0 fully saturated rings. The Balaban J connectivity index is 0. The van der Waals surface area contributed by atoms with Crippen LogP contribution in [-0.2, 0) is 0 Å². The summed E-state index contributed by atoms with van der Waals surface area (Å²) in [4.78, 5) is 19.6. The first-order chi connectivity index (χ1) is 8.92. The number of ether oxygens (including phenoxy) is 1. The Hall–Kier alpha value is -2.15. The zero-order valence-corrected chi connectivity index (χ0v) is 11.5. The fraction of sp³-hybridized carbons (Fsp3) is 0.417. The molecule has 0 heterocycles. The Morgan fingerprint density at radius 1 is 1.32 bits per heavy atom. The van der Waals surface area contributed by atoms with Gasteiger partial charge in [0.25, 0.3) is 5.69 Å². The van der Waals surface area contributed by atoms with E-state index in [1.165, 1.54) is 18.6 Å². The van der Waals surface area contributed by atoms with E-state index in [4.69, 9.17) is 5.11 Å². The zero-order valence-electron chi connectivity index (χ0n) is 11.5. The van der Waals surface area contributed by atoms with Gasteiger partial charge in [-0.15, -0.1) is 0 Å². The van der Waals surface area contributed by atoms with Crippen molar-refractivity contribution in [2.45, 2.75) is 20.3 Å². The predicted molar refractivity (Wildman–Crippen MR) is 72.7 cm³/mol. The Morgan fingerprint density at radius 3 is 1.95 bits per heavy atom. The summed E-state index contributed by atoms with van der Waals surface area (Å²) in [6.45, 7) is 4.25. The fourth-order valence-electron chi connectivity index (χ4n) is 0.737. The van der Waals surface area contributed by atoms with E-state index in [0.717, 1.165) is 12.1 Å². The molecule has 0 bridgehead atoms. The summed E-state index contributed by atoms with van der Waals surface area (Å²) in [7, 11) is 3.75. The summed E-state index contributed by atoms with van der Waals surface area (Å²) >= 11 is 0. The molecule has 0 unspecified atom stereocenters. The van der Waals surface area contributed by atoms with Gasteiger partial charge in [0.1, 0.15) is 5.75 Å². The average molecular weight is 272 g/mol. The maximum atomic E-state index is 10.2. The summed E-state index contributed by atoms with van der Waals surface area (Å²) in [5.74, 6) is 0.0538. The molecule has 1 aromatic carbocycles. The van der Waals surface area contributed by atoms with Crippen LogP contribution in [0.25, 0.3) is 0 Å². The van der Waals surface area contributed by atoms with Crippen LogP contribution in [0, 0.1) is 10.1 Å². The number of nitro benzene ring substituents is 1. The normalized spacial score (nSPS) is 8.21. The third kappa shape index (κ3) is 12.1. The van der Waals surface area contributed by atoms with E-state index in [1.807, 2.05) is 14.1 Å². The number of benzene rings is 1. The number of carboxylic acid groups (broad SMARTS) is 1. The summed E-state index contributed by atoms with van der Waals surface area (Å²) < 4.78 is 4.24. The standard InChI is InChI=1S/C7H5NO5.C3H8.C2H7N/c9-7(10)13-6-3-1-5(2-4-6)8(11)12;2*1-3-2/h1-4H,(H,9,10);3H2,1-2H3;3H,1-2H3. The lowest BCUT2D eigenvalue weighted by Gasteiger charge is -1.97. The number of hydrogen-bond acceptors (Lipinski definition) is 5. The van der Waals surface area contributed by atoms with Crippen LogP contribution < -0.4 is 10.1 Å². The van der Waals surface area contributed by atoms with Crippen molar-refractivity contribution in [3.8, 4) is 5.75 Å². The van der Waals surface area contributed by atoms with Crippen molar-refractivity contribution in [3.05, 3.63) is 34.4 Å². The minimum atomic E-state index is -1.45. The lowest BCUT2D eigenvalue weighted by molar-refractivity contribution is -0.384. The van der Waals surface area contributed by atoms with Crippen molar-refractivity contribution < 1.29 is 19.6 Å². The molecule has 0 aromatic heterocycles. The molecule has 0 aliphatic rings. The summed E-state index contributed by atoms with van der Waals surface area (Å²) in [5, 5.41) is 21.1. The molecule has 0 saturated heterocycles. The van der Waals surface area contributed by atoms with Crippen LogP contribution in [0.15, 0.2) is 24.3 Å². The van der Waals surface area contributed by atoms with E-state index in [1.54, 1.807) is 0 Å². The largest absolute Gasteiger partial charge is 0.511 e. The maximum Gasteiger partial charge on any atom is 0.511 e. The van der Waals surface area contributed by atoms with Crippen LogP contribution in [0.3, 0.4) is 0 Å². The van der Waals surface area contributed by atoms with Gasteiger partial charge < -0.3 is 15.2 Å². The molecule has 0 aliphatic heterocycles. The van der Waals surface area contributed by atoms with E-state index in [2.05, 4.69) is 23.9 Å². The fourth-order valence-corrected chi connectivity index (χ4v) is 0.737. The van der Waals surface area contributed by atoms with E-state index >= 15 is 0 Å². The molecule has 7 nitrogen and oxygen atoms in total. The monoisotopic (exact) mass is 272 g/mol. The number of hydrogen-bond donors (Lipinski definition) is 2. The summed E-state index contributed by atoms with van der Waals surface area (Å²) in [5.41, 5.74) is -0.113. The summed E-state index contributed by atoms with van der Waals surface area (Å²) in [6.07, 6.45) is -0.200. The van der Waals surface area contributed by atoms with Gasteiger partial charge in [-0.05, 0) is 26.2 Å². The molecule has 108 valence electrons. The highest BCUT2D eigenvalue weighted by Crippen LogP contribution is 2.17. The molecule has 0 atom stereocenters. The Morgan fingerprint density at radius 2 is 1.68 bits per heavy atom. The molecule has 19 heavy (non-hydrogen) atoms. The van der Waals surface area contributed by atoms with E-state index in [9.17, 15) is 14.9 Å². The van der Waals surface area contributed by atoms with Crippen LogP contribution in [0.1, 0.15) is 20.3 Å². The molecule has 0 saturated carbocycles. The van der Waals surface area contributed by atoms with Crippen LogP contribution in [0.4, 0.5) is 10.5 Å². The van der Waals surface area contributed by atoms with Crippen molar-refractivity contribution >= 4 is 11.8 Å². The lowest BCUT2D eigenvalue weighted by Crippen LogP contribution is -2.02. The minimum absolute atomic E-state index is 0.0538. The highest BCUT2D eigenvalue weighted by molar-refractivity contribution is 5.61. The van der Waals surface area contributed by atoms with Crippen molar-refractivity contribution in [1.82, 2.24) is 5.32 Å². The highest BCUT2D eigenvalue weighted by atomic mass is 16.7. The van der Waals surface area contributed by atoms with Gasteiger partial charge >= 0.3 is 6.16 Å². The van der Waals surface area contributed by atoms with Crippen molar-refractivity contribution in [2.24, 2.45) is 0 Å². The van der Waals surface area contributed by atoms with Crippen molar-refractivity contribution in [2.75, 3.05) is 14.1 Å². The molecular weight excluding hydrogens is 252 g/mol. The number of nitrogens with zero attached hydrogens (tertiary/aromatic N) is 1. The summed E-state index contributed by atoms with van der Waals surface area (Å²) in [6, 6.07) is 4.76. The number of carbonyl (C=O) groups is 1. The number of non-ortho nitro benzene ring substituents is 1. The first-order valence-corrected chi connectivity index (χ1v) is 5.66. The van der Waals surface area contributed by atoms with Gasteiger partial charge in [0.15, 0.2) is 0 Å². The van der Waals surface area contributed by atoms with E-state index in [-0.39, 0.29) is 11.4 Å². The first-order valence-electron chi connectivity index (χ1n) is 5.66. The van der Waals surface area contributed by atoms with E-state index < -0.39 is 11.1 Å². The lowest BCUT2D eigenvalue weighted by atomic mass is 10.3. The Labute approximate surface area is 112 Å². The second-order valence-corrected chi connectivity index (χ2v) is 3.33. The molecule has 1 rings (SSSR count). The van der Waals surface area contributed by atoms with Crippen LogP contribution in [-0.4, -0.2) is 30.3 Å². The number of nitrogens with one attached hydrogen (secondary N) is 1. The van der Waals surface area contributed by atoms with Gasteiger partial charge in [0, 0.05) is 12.1 Å². The maximum absolute atomic E-state index is 10.2. The first kappa shape index (κ1) is 19.2. The Bertz CT molecular complexity index is 363. The van der Waals surface area contributed by atoms with Crippen molar-refractivity contribution in [3.63, 3.8) is 0 Å². The molecule has 0 aliphatic carbocycles. The van der Waals surface area contributed by atoms with E-state index in [0.29, 0.717) is 0 Å². The van der Waals surface area contributed by atoms with Crippen LogP contribution in [0.2, 0.25) is 0 Å². The minimum Gasteiger partial charge on any atom is -0.449 e.